The first-order valence-electron chi connectivity index (χ1n) is 11.5. The Hall–Kier alpha value is -3.39. The van der Waals surface area contributed by atoms with Crippen LogP contribution in [0.25, 0.3) is 22.6 Å². The molecule has 0 radical (unpaired) electrons. The second-order valence-corrected chi connectivity index (χ2v) is 9.55. The van der Waals surface area contributed by atoms with Gasteiger partial charge in [-0.15, -0.1) is 10.2 Å². The maximum absolute atomic E-state index is 13.0. The molecule has 0 aliphatic carbocycles. The van der Waals surface area contributed by atoms with Crippen molar-refractivity contribution < 1.29 is 4.79 Å². The molecule has 1 aliphatic heterocycles. The molecule has 2 aromatic carbocycles. The zero-order valence-corrected chi connectivity index (χ0v) is 20.5. The van der Waals surface area contributed by atoms with E-state index >= 15 is 0 Å². The smallest absolute Gasteiger partial charge is 0.233 e. The fourth-order valence-electron chi connectivity index (χ4n) is 4.38. The molecule has 0 unspecified atom stereocenters. The van der Waals surface area contributed by atoms with Crippen LogP contribution in [0.4, 0.5) is 0 Å². The Morgan fingerprint density at radius 3 is 2.59 bits per heavy atom. The molecule has 7 nitrogen and oxygen atoms in total. The van der Waals surface area contributed by atoms with Crippen LogP contribution in [0.3, 0.4) is 0 Å². The van der Waals surface area contributed by atoms with Crippen LogP contribution in [-0.4, -0.2) is 47.6 Å². The maximum Gasteiger partial charge on any atom is 0.233 e. The summed E-state index contributed by atoms with van der Waals surface area (Å²) in [6.45, 7) is 6.29. The van der Waals surface area contributed by atoms with E-state index in [4.69, 9.17) is 5.10 Å². The zero-order chi connectivity index (χ0) is 23.7. The average molecular weight is 473 g/mol. The molecular weight excluding hydrogens is 444 g/mol. The van der Waals surface area contributed by atoms with Crippen LogP contribution in [0.5, 0.6) is 0 Å². The van der Waals surface area contributed by atoms with Crippen molar-refractivity contribution in [3.05, 3.63) is 71.4 Å². The van der Waals surface area contributed by atoms with Gasteiger partial charge in [-0.25, -0.2) is 0 Å². The molecule has 34 heavy (non-hydrogen) atoms. The summed E-state index contributed by atoms with van der Waals surface area (Å²) in [5.41, 5.74) is 6.65. The van der Waals surface area contributed by atoms with E-state index in [0.29, 0.717) is 18.8 Å². The van der Waals surface area contributed by atoms with E-state index in [9.17, 15) is 4.79 Å². The third-order valence-electron chi connectivity index (χ3n) is 6.24. The molecule has 0 atom stereocenters. The summed E-state index contributed by atoms with van der Waals surface area (Å²) in [7, 11) is 1.92. The molecule has 0 saturated heterocycles. The predicted molar refractivity (Wildman–Crippen MR) is 134 cm³/mol. The van der Waals surface area contributed by atoms with Gasteiger partial charge < -0.3 is 9.47 Å². The SMILES string of the molecule is CCn1c(SCC(=O)N2CCc3ccccc3C2)nnc1-c1cn(C)nc1-c1ccc(C)cc1. The van der Waals surface area contributed by atoms with Gasteiger partial charge in [0.15, 0.2) is 11.0 Å². The molecule has 2 aromatic heterocycles. The van der Waals surface area contributed by atoms with Crippen molar-refractivity contribution in [2.24, 2.45) is 7.05 Å². The molecule has 0 bridgehead atoms. The standard InChI is InChI=1S/C26H28N6OS/c1-4-32-25(22-16-30(3)29-24(22)20-11-9-18(2)10-12-20)27-28-26(32)34-17-23(33)31-14-13-19-7-5-6-8-21(19)15-31/h5-12,16H,4,13-15,17H2,1-3H3. The number of aryl methyl sites for hydroxylation is 2. The molecule has 5 rings (SSSR count). The molecule has 0 spiro atoms. The zero-order valence-electron chi connectivity index (χ0n) is 19.7. The largest absolute Gasteiger partial charge is 0.337 e. The Morgan fingerprint density at radius 2 is 1.82 bits per heavy atom. The second kappa shape index (κ2) is 9.46. The monoisotopic (exact) mass is 472 g/mol. The van der Waals surface area contributed by atoms with Gasteiger partial charge in [-0.1, -0.05) is 65.9 Å². The molecular formula is C26H28N6OS. The fraction of sp³-hybridized carbons (Fsp3) is 0.308. The fourth-order valence-corrected chi connectivity index (χ4v) is 5.29. The van der Waals surface area contributed by atoms with Crippen LogP contribution in [-0.2, 0) is 31.4 Å². The highest BCUT2D eigenvalue weighted by molar-refractivity contribution is 7.99. The highest BCUT2D eigenvalue weighted by Crippen LogP contribution is 2.32. The van der Waals surface area contributed by atoms with Gasteiger partial charge in [0.05, 0.1) is 11.3 Å². The number of carbonyl (C=O) groups is 1. The normalized spacial score (nSPS) is 13.2. The molecule has 0 saturated carbocycles. The van der Waals surface area contributed by atoms with Crippen molar-refractivity contribution in [1.29, 1.82) is 0 Å². The number of thioether (sulfide) groups is 1. The van der Waals surface area contributed by atoms with Crippen LogP contribution in [0.2, 0.25) is 0 Å². The average Bonchev–Trinajstić information content (AvgIpc) is 3.45. The number of rotatable bonds is 6. The van der Waals surface area contributed by atoms with E-state index in [1.54, 1.807) is 0 Å². The quantitative estimate of drug-likeness (QED) is 0.390. The van der Waals surface area contributed by atoms with E-state index in [0.717, 1.165) is 40.8 Å². The van der Waals surface area contributed by atoms with Crippen molar-refractivity contribution in [3.63, 3.8) is 0 Å². The minimum absolute atomic E-state index is 0.133. The van der Waals surface area contributed by atoms with Gasteiger partial charge in [0.2, 0.25) is 5.91 Å². The van der Waals surface area contributed by atoms with Crippen LogP contribution < -0.4 is 0 Å². The van der Waals surface area contributed by atoms with Crippen molar-refractivity contribution in [3.8, 4) is 22.6 Å². The third kappa shape index (κ3) is 4.37. The first kappa shape index (κ1) is 22.4. The number of hydrogen-bond donors (Lipinski definition) is 0. The molecule has 4 aromatic rings. The summed E-state index contributed by atoms with van der Waals surface area (Å²) in [5.74, 6) is 1.25. The Balaban J connectivity index is 1.35. The van der Waals surface area contributed by atoms with Crippen molar-refractivity contribution in [2.75, 3.05) is 12.3 Å². The van der Waals surface area contributed by atoms with Gasteiger partial charge in [0.25, 0.3) is 0 Å². The molecule has 0 fully saturated rings. The Morgan fingerprint density at radius 1 is 1.06 bits per heavy atom. The predicted octanol–water partition coefficient (Wildman–Crippen LogP) is 4.35. The first-order valence-corrected chi connectivity index (χ1v) is 12.5. The lowest BCUT2D eigenvalue weighted by molar-refractivity contribution is -0.129. The van der Waals surface area contributed by atoms with Gasteiger partial charge >= 0.3 is 0 Å². The first-order chi connectivity index (χ1) is 16.5. The molecule has 0 N–H and O–H groups in total. The number of carbonyl (C=O) groups excluding carboxylic acids is 1. The number of benzene rings is 2. The maximum atomic E-state index is 13.0. The van der Waals surface area contributed by atoms with Gasteiger partial charge in [-0.05, 0) is 31.4 Å². The molecule has 1 aliphatic rings. The Kier molecular flexibility index (Phi) is 6.24. The van der Waals surface area contributed by atoms with Crippen LogP contribution in [0.15, 0.2) is 59.9 Å². The van der Waals surface area contributed by atoms with E-state index in [1.165, 1.54) is 28.5 Å². The minimum Gasteiger partial charge on any atom is -0.337 e. The van der Waals surface area contributed by atoms with E-state index < -0.39 is 0 Å². The molecule has 8 heteroatoms. The summed E-state index contributed by atoms with van der Waals surface area (Å²) in [6.07, 6.45) is 2.89. The van der Waals surface area contributed by atoms with Crippen molar-refractivity contribution in [2.45, 2.75) is 38.5 Å². The number of fused-ring (bicyclic) bond motifs is 1. The number of nitrogens with zero attached hydrogens (tertiary/aromatic N) is 6. The van der Waals surface area contributed by atoms with E-state index in [1.807, 2.05) is 28.9 Å². The van der Waals surface area contributed by atoms with Gasteiger partial charge in [0, 0.05) is 38.4 Å². The lowest BCUT2D eigenvalue weighted by atomic mass is 10.00. The minimum atomic E-state index is 0.133. The summed E-state index contributed by atoms with van der Waals surface area (Å²) >= 11 is 1.45. The van der Waals surface area contributed by atoms with E-state index in [2.05, 4.69) is 71.1 Å². The van der Waals surface area contributed by atoms with Gasteiger partial charge in [-0.3, -0.25) is 9.48 Å². The number of aromatic nitrogens is 5. The molecule has 1 amide bonds. The van der Waals surface area contributed by atoms with Crippen LogP contribution in [0, 0.1) is 6.92 Å². The second-order valence-electron chi connectivity index (χ2n) is 8.60. The van der Waals surface area contributed by atoms with Gasteiger partial charge in [0.1, 0.15) is 5.69 Å². The van der Waals surface area contributed by atoms with Gasteiger partial charge in [-0.2, -0.15) is 5.10 Å². The summed E-state index contributed by atoms with van der Waals surface area (Å²) in [6, 6.07) is 16.7. The molecule has 174 valence electrons. The summed E-state index contributed by atoms with van der Waals surface area (Å²) in [4.78, 5) is 14.9. The Bertz CT molecular complexity index is 1320. The lowest BCUT2D eigenvalue weighted by Gasteiger charge is -2.28. The lowest BCUT2D eigenvalue weighted by Crippen LogP contribution is -2.37. The third-order valence-corrected chi connectivity index (χ3v) is 7.19. The van der Waals surface area contributed by atoms with E-state index in [-0.39, 0.29) is 5.91 Å². The van der Waals surface area contributed by atoms with Crippen molar-refractivity contribution >= 4 is 17.7 Å². The van der Waals surface area contributed by atoms with Crippen LogP contribution in [0.1, 0.15) is 23.6 Å². The summed E-state index contributed by atoms with van der Waals surface area (Å²) < 4.78 is 3.88. The highest BCUT2D eigenvalue weighted by Gasteiger charge is 2.23. The number of hydrogen-bond acceptors (Lipinski definition) is 5. The summed E-state index contributed by atoms with van der Waals surface area (Å²) in [5, 5.41) is 14.4. The molecule has 3 heterocycles. The topological polar surface area (TPSA) is 68.8 Å². The van der Waals surface area contributed by atoms with Crippen molar-refractivity contribution in [1.82, 2.24) is 29.4 Å². The number of amides is 1. The van der Waals surface area contributed by atoms with Crippen LogP contribution >= 0.6 is 11.8 Å². The highest BCUT2D eigenvalue weighted by atomic mass is 32.2. The Labute approximate surface area is 203 Å².